The van der Waals surface area contributed by atoms with E-state index in [1.54, 1.807) is 30.7 Å². The number of nitrogens with zero attached hydrogens (tertiary/aromatic N) is 3. The summed E-state index contributed by atoms with van der Waals surface area (Å²) in [6.07, 6.45) is 5.79. The molecule has 1 aromatic carbocycles. The highest BCUT2D eigenvalue weighted by Gasteiger charge is 2.17. The van der Waals surface area contributed by atoms with Gasteiger partial charge in [-0.25, -0.2) is 14.4 Å². The molecule has 28 heavy (non-hydrogen) atoms. The number of amides is 1. The van der Waals surface area contributed by atoms with Gasteiger partial charge in [0.05, 0.1) is 5.69 Å². The van der Waals surface area contributed by atoms with Crippen LogP contribution in [0.4, 0.5) is 9.52 Å². The predicted octanol–water partition coefficient (Wildman–Crippen LogP) is 4.95. The third-order valence-corrected chi connectivity index (χ3v) is 6.09. The molecule has 4 rings (SSSR count). The van der Waals surface area contributed by atoms with Crippen LogP contribution in [0.5, 0.6) is 0 Å². The zero-order valence-electron chi connectivity index (χ0n) is 14.8. The van der Waals surface area contributed by atoms with Crippen molar-refractivity contribution in [3.05, 3.63) is 81.8 Å². The van der Waals surface area contributed by atoms with Gasteiger partial charge in [-0.15, -0.1) is 22.7 Å². The van der Waals surface area contributed by atoms with Gasteiger partial charge in [0, 0.05) is 35.5 Å². The lowest BCUT2D eigenvalue weighted by molar-refractivity contribution is 0.103. The van der Waals surface area contributed by atoms with Crippen LogP contribution in [0.3, 0.4) is 0 Å². The second-order valence-electron chi connectivity index (χ2n) is 6.06. The molecule has 0 saturated carbocycles. The first-order valence-electron chi connectivity index (χ1n) is 8.47. The number of aryl methyl sites for hydroxylation is 1. The number of nitrogens with one attached hydrogen (secondary N) is 1. The van der Waals surface area contributed by atoms with Gasteiger partial charge < -0.3 is 0 Å². The van der Waals surface area contributed by atoms with Gasteiger partial charge in [0.15, 0.2) is 5.13 Å². The first-order chi connectivity index (χ1) is 13.6. The smallest absolute Gasteiger partial charge is 0.269 e. The van der Waals surface area contributed by atoms with E-state index in [1.807, 2.05) is 19.1 Å². The van der Waals surface area contributed by atoms with E-state index < -0.39 is 0 Å². The molecule has 0 fully saturated rings. The Kier molecular flexibility index (Phi) is 5.23. The van der Waals surface area contributed by atoms with Crippen LogP contribution in [0, 0.1) is 12.7 Å². The number of pyridine rings is 1. The van der Waals surface area contributed by atoms with Gasteiger partial charge in [0.25, 0.3) is 5.91 Å². The van der Waals surface area contributed by atoms with E-state index in [4.69, 9.17) is 0 Å². The summed E-state index contributed by atoms with van der Waals surface area (Å²) in [6.45, 7) is 1.81. The van der Waals surface area contributed by atoms with Gasteiger partial charge in [-0.05, 0) is 36.8 Å². The topological polar surface area (TPSA) is 67.8 Å². The fourth-order valence-electron chi connectivity index (χ4n) is 2.62. The summed E-state index contributed by atoms with van der Waals surface area (Å²) in [4.78, 5) is 27.0. The van der Waals surface area contributed by atoms with E-state index in [9.17, 15) is 9.18 Å². The number of halogens is 1. The summed E-state index contributed by atoms with van der Waals surface area (Å²) < 4.78 is 13.0. The zero-order valence-corrected chi connectivity index (χ0v) is 16.5. The number of carbonyl (C=O) groups excluding carboxylic acids is 1. The summed E-state index contributed by atoms with van der Waals surface area (Å²) in [5, 5.41) is 4.12. The molecular formula is C20H15FN4OS2. The number of thiazole rings is 2. The molecule has 8 heteroatoms. The molecule has 0 unspecified atom stereocenters. The summed E-state index contributed by atoms with van der Waals surface area (Å²) in [5.41, 5.74) is 2.54. The molecule has 5 nitrogen and oxygen atoms in total. The summed E-state index contributed by atoms with van der Waals surface area (Å²) >= 11 is 2.73. The average molecular weight is 410 g/mol. The molecule has 0 bridgehead atoms. The number of benzene rings is 1. The van der Waals surface area contributed by atoms with Crippen LogP contribution in [0.15, 0.2) is 55.0 Å². The van der Waals surface area contributed by atoms with Crippen molar-refractivity contribution in [3.63, 3.8) is 0 Å². The van der Waals surface area contributed by atoms with Gasteiger partial charge in [0.2, 0.25) is 0 Å². The summed E-state index contributed by atoms with van der Waals surface area (Å²) in [7, 11) is 0. The Morgan fingerprint density at radius 1 is 1.14 bits per heavy atom. The van der Waals surface area contributed by atoms with Gasteiger partial charge in [-0.3, -0.25) is 15.1 Å². The number of hydrogen-bond donors (Lipinski definition) is 1. The van der Waals surface area contributed by atoms with Crippen molar-refractivity contribution in [2.45, 2.75) is 13.3 Å². The van der Waals surface area contributed by atoms with Crippen molar-refractivity contribution < 1.29 is 9.18 Å². The lowest BCUT2D eigenvalue weighted by Crippen LogP contribution is -2.11. The molecule has 0 radical (unpaired) electrons. The Morgan fingerprint density at radius 2 is 1.96 bits per heavy atom. The van der Waals surface area contributed by atoms with Crippen LogP contribution in [0.2, 0.25) is 0 Å². The molecular weight excluding hydrogens is 395 g/mol. The van der Waals surface area contributed by atoms with E-state index in [-0.39, 0.29) is 11.7 Å². The molecule has 0 aliphatic carbocycles. The molecule has 0 spiro atoms. The maximum absolute atomic E-state index is 13.0. The highest BCUT2D eigenvalue weighted by atomic mass is 32.1. The monoisotopic (exact) mass is 410 g/mol. The minimum absolute atomic E-state index is 0.229. The van der Waals surface area contributed by atoms with Crippen LogP contribution < -0.4 is 5.32 Å². The highest BCUT2D eigenvalue weighted by Crippen LogP contribution is 2.29. The fourth-order valence-corrected chi connectivity index (χ4v) is 4.42. The van der Waals surface area contributed by atoms with Gasteiger partial charge in [-0.1, -0.05) is 12.1 Å². The fraction of sp³-hybridized carbons (Fsp3) is 0.100. The van der Waals surface area contributed by atoms with Gasteiger partial charge >= 0.3 is 0 Å². The highest BCUT2D eigenvalue weighted by molar-refractivity contribution is 7.17. The van der Waals surface area contributed by atoms with Gasteiger partial charge in [0.1, 0.15) is 15.7 Å². The number of anilines is 1. The van der Waals surface area contributed by atoms with Crippen LogP contribution in [-0.2, 0) is 6.42 Å². The Morgan fingerprint density at radius 3 is 2.71 bits per heavy atom. The standard InChI is InChI=1S/C20H15FN4OS2/c1-12-17(28-19(24-12)14-3-2-8-22-10-14)18(26)25-20-23-11-16(27-20)9-13-4-6-15(21)7-5-13/h2-8,10-11H,9H2,1H3,(H,23,25,26). The Balaban J connectivity index is 1.46. The lowest BCUT2D eigenvalue weighted by atomic mass is 10.1. The lowest BCUT2D eigenvalue weighted by Gasteiger charge is -1.99. The maximum Gasteiger partial charge on any atom is 0.269 e. The first kappa shape index (κ1) is 18.4. The molecule has 1 N–H and O–H groups in total. The van der Waals surface area contributed by atoms with Crippen molar-refractivity contribution in [3.8, 4) is 10.6 Å². The quantitative estimate of drug-likeness (QED) is 0.505. The number of carbonyl (C=O) groups is 1. The molecule has 3 heterocycles. The molecule has 3 aromatic heterocycles. The minimum atomic E-state index is -0.258. The largest absolute Gasteiger partial charge is 0.297 e. The van der Waals surface area contributed by atoms with E-state index in [2.05, 4.69) is 20.3 Å². The third kappa shape index (κ3) is 4.13. The SMILES string of the molecule is Cc1nc(-c2cccnc2)sc1C(=O)Nc1ncc(Cc2ccc(F)cc2)s1. The van der Waals surface area contributed by atoms with Gasteiger partial charge in [-0.2, -0.15) is 0 Å². The van der Waals surface area contributed by atoms with Crippen molar-refractivity contribution in [1.29, 1.82) is 0 Å². The Bertz CT molecular complexity index is 1110. The first-order valence-corrected chi connectivity index (χ1v) is 10.1. The van der Waals surface area contributed by atoms with E-state index in [0.29, 0.717) is 22.1 Å². The zero-order chi connectivity index (χ0) is 19.5. The summed E-state index contributed by atoms with van der Waals surface area (Å²) in [5.74, 6) is -0.487. The van der Waals surface area contributed by atoms with Crippen molar-refractivity contribution in [2.75, 3.05) is 5.32 Å². The van der Waals surface area contributed by atoms with Crippen molar-refractivity contribution >= 4 is 33.7 Å². The van der Waals surface area contributed by atoms with Crippen LogP contribution in [0.25, 0.3) is 10.6 Å². The second kappa shape index (κ2) is 7.95. The molecule has 0 aliphatic rings. The van der Waals surface area contributed by atoms with E-state index in [1.165, 1.54) is 34.8 Å². The van der Waals surface area contributed by atoms with Crippen LogP contribution >= 0.6 is 22.7 Å². The molecule has 140 valence electrons. The maximum atomic E-state index is 13.0. The van der Waals surface area contributed by atoms with Crippen molar-refractivity contribution in [2.24, 2.45) is 0 Å². The normalized spacial score (nSPS) is 10.8. The molecule has 4 aromatic rings. The minimum Gasteiger partial charge on any atom is -0.297 e. The predicted molar refractivity (Wildman–Crippen MR) is 109 cm³/mol. The number of aromatic nitrogens is 3. The second-order valence-corrected chi connectivity index (χ2v) is 8.18. The van der Waals surface area contributed by atoms with Crippen molar-refractivity contribution in [1.82, 2.24) is 15.0 Å². The average Bonchev–Trinajstić information content (AvgIpc) is 3.30. The molecule has 1 amide bonds. The third-order valence-electron chi connectivity index (χ3n) is 3.98. The van der Waals surface area contributed by atoms with Crippen LogP contribution in [0.1, 0.15) is 25.8 Å². The molecule has 0 atom stereocenters. The number of rotatable bonds is 5. The Hall–Kier alpha value is -2.97. The molecule has 0 saturated heterocycles. The Labute approximate surface area is 169 Å². The van der Waals surface area contributed by atoms with E-state index in [0.717, 1.165) is 21.0 Å². The van der Waals surface area contributed by atoms with E-state index >= 15 is 0 Å². The van der Waals surface area contributed by atoms with Crippen LogP contribution in [-0.4, -0.2) is 20.9 Å². The molecule has 0 aliphatic heterocycles. The summed E-state index contributed by atoms with van der Waals surface area (Å²) in [6, 6.07) is 10.1. The number of hydrogen-bond acceptors (Lipinski definition) is 6.